The predicted molar refractivity (Wildman–Crippen MR) is 69.1 cm³/mol. The van der Waals surface area contributed by atoms with Crippen molar-refractivity contribution < 1.29 is 13.5 Å². The molecule has 0 bridgehead atoms. The van der Waals surface area contributed by atoms with Crippen LogP contribution in [0.1, 0.15) is 31.9 Å². The van der Waals surface area contributed by atoms with Crippen LogP contribution in [0.15, 0.2) is 18.6 Å². The molecule has 1 N–H and O–H groups in total. The average molecular weight is 282 g/mol. The van der Waals surface area contributed by atoms with Gasteiger partial charge >= 0.3 is 0 Å². The van der Waals surface area contributed by atoms with E-state index in [9.17, 15) is 8.78 Å². The van der Waals surface area contributed by atoms with Gasteiger partial charge in [-0.1, -0.05) is 0 Å². The van der Waals surface area contributed by atoms with E-state index in [-0.39, 0.29) is 11.8 Å². The highest BCUT2D eigenvalue weighted by molar-refractivity contribution is 5.50. The third kappa shape index (κ3) is 2.45. The molecular formula is C13H16F2N4O. The van der Waals surface area contributed by atoms with Crippen molar-refractivity contribution in [3.8, 4) is 5.88 Å². The zero-order chi connectivity index (χ0) is 14.1. The van der Waals surface area contributed by atoms with Crippen molar-refractivity contribution in [2.24, 2.45) is 0 Å². The van der Waals surface area contributed by atoms with Gasteiger partial charge in [0.1, 0.15) is 11.8 Å². The first-order chi connectivity index (χ1) is 9.65. The van der Waals surface area contributed by atoms with Crippen molar-refractivity contribution in [2.45, 2.75) is 38.3 Å². The molecule has 1 aliphatic heterocycles. The molecule has 108 valence electrons. The van der Waals surface area contributed by atoms with E-state index >= 15 is 0 Å². The van der Waals surface area contributed by atoms with E-state index in [1.165, 1.54) is 16.8 Å². The zero-order valence-corrected chi connectivity index (χ0v) is 11.1. The Bertz CT molecular complexity index is 593. The summed E-state index contributed by atoms with van der Waals surface area (Å²) < 4.78 is 32.8. The largest absolute Gasteiger partial charge is 0.470 e. The molecular weight excluding hydrogens is 266 g/mol. The van der Waals surface area contributed by atoms with Crippen LogP contribution in [0, 0.1) is 0 Å². The number of nitrogens with one attached hydrogen (secondary N) is 1. The number of halogens is 2. The number of fused-ring (bicyclic) bond motifs is 1. The molecule has 0 aromatic carbocycles. The van der Waals surface area contributed by atoms with Gasteiger partial charge in [0, 0.05) is 25.0 Å². The lowest BCUT2D eigenvalue weighted by atomic mass is 10.0. The number of ether oxygens (including phenoxy) is 1. The van der Waals surface area contributed by atoms with Crippen molar-refractivity contribution in [3.63, 3.8) is 0 Å². The molecule has 0 spiro atoms. The van der Waals surface area contributed by atoms with Crippen LogP contribution in [0.3, 0.4) is 0 Å². The van der Waals surface area contributed by atoms with Crippen LogP contribution in [-0.2, 0) is 0 Å². The minimum Gasteiger partial charge on any atom is -0.470 e. The summed E-state index contributed by atoms with van der Waals surface area (Å²) in [5, 5.41) is 3.32. The van der Waals surface area contributed by atoms with Crippen molar-refractivity contribution in [3.05, 3.63) is 24.3 Å². The van der Waals surface area contributed by atoms with E-state index in [0.717, 1.165) is 25.6 Å². The number of hydrogen-bond acceptors (Lipinski definition) is 4. The number of nitrogens with zero attached hydrogens (tertiary/aromatic N) is 3. The Labute approximate surface area is 115 Å². The summed E-state index contributed by atoms with van der Waals surface area (Å²) in [5.41, 5.74) is 0.184. The van der Waals surface area contributed by atoms with Gasteiger partial charge in [-0.3, -0.25) is 4.40 Å². The van der Waals surface area contributed by atoms with Crippen LogP contribution in [-0.4, -0.2) is 33.1 Å². The molecule has 3 heterocycles. The van der Waals surface area contributed by atoms with Gasteiger partial charge in [-0.2, -0.15) is 0 Å². The van der Waals surface area contributed by atoms with Gasteiger partial charge < -0.3 is 10.1 Å². The molecule has 2 atom stereocenters. The van der Waals surface area contributed by atoms with E-state index < -0.39 is 6.43 Å². The third-order valence-corrected chi connectivity index (χ3v) is 3.54. The fraction of sp³-hybridized carbons (Fsp3) is 0.538. The second-order valence-electron chi connectivity index (χ2n) is 5.04. The predicted octanol–water partition coefficient (Wildman–Crippen LogP) is 2.19. The Morgan fingerprint density at radius 2 is 2.25 bits per heavy atom. The van der Waals surface area contributed by atoms with Crippen LogP contribution in [0.4, 0.5) is 8.78 Å². The zero-order valence-electron chi connectivity index (χ0n) is 11.1. The van der Waals surface area contributed by atoms with Crippen LogP contribution in [0.25, 0.3) is 5.65 Å². The summed E-state index contributed by atoms with van der Waals surface area (Å²) in [4.78, 5) is 8.11. The molecule has 1 saturated heterocycles. The second kappa shape index (κ2) is 5.32. The molecule has 0 radical (unpaired) electrons. The lowest BCUT2D eigenvalue weighted by Crippen LogP contribution is -2.42. The summed E-state index contributed by atoms with van der Waals surface area (Å²) in [6.45, 7) is 2.85. The summed E-state index contributed by atoms with van der Waals surface area (Å²) >= 11 is 0. The normalized spacial score (nSPS) is 23.4. The first-order valence-electron chi connectivity index (χ1n) is 6.65. The van der Waals surface area contributed by atoms with E-state index in [1.54, 1.807) is 0 Å². The third-order valence-electron chi connectivity index (χ3n) is 3.54. The first kappa shape index (κ1) is 13.2. The lowest BCUT2D eigenvalue weighted by Gasteiger charge is -2.27. The van der Waals surface area contributed by atoms with E-state index in [2.05, 4.69) is 22.2 Å². The van der Waals surface area contributed by atoms with Crippen LogP contribution >= 0.6 is 0 Å². The summed E-state index contributed by atoms with van der Waals surface area (Å²) in [7, 11) is 0. The lowest BCUT2D eigenvalue weighted by molar-refractivity contribution is 0.143. The van der Waals surface area contributed by atoms with Crippen LogP contribution in [0.5, 0.6) is 5.88 Å². The maximum atomic E-state index is 12.8. The number of hydrogen-bond donors (Lipinski definition) is 1. The molecule has 2 aromatic heterocycles. The molecule has 2 aromatic rings. The number of alkyl halides is 2. The highest BCUT2D eigenvalue weighted by atomic mass is 19.3. The smallest absolute Gasteiger partial charge is 0.280 e. The summed E-state index contributed by atoms with van der Waals surface area (Å²) in [6, 6.07) is 0.482. The first-order valence-corrected chi connectivity index (χ1v) is 6.65. The molecule has 1 fully saturated rings. The number of imidazole rings is 1. The molecule has 0 aliphatic carbocycles. The van der Waals surface area contributed by atoms with Gasteiger partial charge in [-0.25, -0.2) is 18.7 Å². The van der Waals surface area contributed by atoms with Gasteiger partial charge in [-0.05, 0) is 19.8 Å². The molecule has 7 heteroatoms. The Morgan fingerprint density at radius 1 is 1.40 bits per heavy atom. The van der Waals surface area contributed by atoms with Gasteiger partial charge in [0.15, 0.2) is 0 Å². The molecule has 0 saturated carbocycles. The SMILES string of the molecule is C[C@@H]1CC[C@@H](Oc2nccn3c(C(F)F)cnc23)CN1. The quantitative estimate of drug-likeness (QED) is 0.937. The fourth-order valence-electron chi connectivity index (χ4n) is 2.39. The van der Waals surface area contributed by atoms with Gasteiger partial charge in [-0.15, -0.1) is 0 Å². The molecule has 5 nitrogen and oxygen atoms in total. The summed E-state index contributed by atoms with van der Waals surface area (Å²) in [5.74, 6) is 0.306. The van der Waals surface area contributed by atoms with Crippen molar-refractivity contribution in [2.75, 3.05) is 6.54 Å². The number of rotatable bonds is 3. The maximum Gasteiger partial charge on any atom is 0.280 e. The minimum absolute atomic E-state index is 0.00315. The van der Waals surface area contributed by atoms with E-state index in [1.807, 2.05) is 0 Å². The van der Waals surface area contributed by atoms with Crippen molar-refractivity contribution in [1.82, 2.24) is 19.7 Å². The highest BCUT2D eigenvalue weighted by Crippen LogP contribution is 2.25. The molecule has 0 amide bonds. The second-order valence-corrected chi connectivity index (χ2v) is 5.04. The maximum absolute atomic E-state index is 12.8. The van der Waals surface area contributed by atoms with E-state index in [0.29, 0.717) is 17.6 Å². The Kier molecular flexibility index (Phi) is 3.52. The Morgan fingerprint density at radius 3 is 2.95 bits per heavy atom. The fourth-order valence-corrected chi connectivity index (χ4v) is 2.39. The van der Waals surface area contributed by atoms with Gasteiger partial charge in [0.25, 0.3) is 12.3 Å². The van der Waals surface area contributed by atoms with Crippen molar-refractivity contribution >= 4 is 5.65 Å². The minimum atomic E-state index is -2.57. The number of piperidine rings is 1. The average Bonchev–Trinajstić information content (AvgIpc) is 2.86. The molecule has 0 unspecified atom stereocenters. The van der Waals surface area contributed by atoms with Crippen molar-refractivity contribution in [1.29, 1.82) is 0 Å². The summed E-state index contributed by atoms with van der Waals surface area (Å²) in [6.07, 6.45) is 3.45. The van der Waals surface area contributed by atoms with Gasteiger partial charge in [0.2, 0.25) is 5.65 Å². The van der Waals surface area contributed by atoms with Crippen LogP contribution in [0.2, 0.25) is 0 Å². The topological polar surface area (TPSA) is 51.5 Å². The molecule has 1 aliphatic rings. The highest BCUT2D eigenvalue weighted by Gasteiger charge is 2.22. The molecule has 20 heavy (non-hydrogen) atoms. The van der Waals surface area contributed by atoms with Gasteiger partial charge in [0.05, 0.1) is 6.20 Å². The van der Waals surface area contributed by atoms with Crippen LogP contribution < -0.4 is 10.1 Å². The van der Waals surface area contributed by atoms with E-state index in [4.69, 9.17) is 4.74 Å². The molecule has 3 rings (SSSR count). The standard InChI is InChI=1S/C13H16F2N4O/c1-8-2-3-9(6-17-8)20-13-12-18-7-10(11(14)15)19(12)5-4-16-13/h4-5,7-9,11,17H,2-3,6H2,1H3/t8-,9-/m1/s1. The monoisotopic (exact) mass is 282 g/mol. The Balaban J connectivity index is 1.85. The Hall–Kier alpha value is -1.76. The number of aromatic nitrogens is 3.